The van der Waals surface area contributed by atoms with Crippen molar-refractivity contribution in [1.29, 1.82) is 0 Å². The Kier molecular flexibility index (Phi) is 4.04. The normalized spacial score (nSPS) is 16.6. The maximum absolute atomic E-state index is 9.40. The van der Waals surface area contributed by atoms with Crippen molar-refractivity contribution < 1.29 is 9.84 Å². The SMILES string of the molecule is COc1ccc(NC2CCc3cc(Cl)ccc32)cc1CO. The van der Waals surface area contributed by atoms with E-state index in [0.717, 1.165) is 29.1 Å². The quantitative estimate of drug-likeness (QED) is 0.899. The summed E-state index contributed by atoms with van der Waals surface area (Å²) in [5.74, 6) is 0.710. The molecular weight excluding hydrogens is 286 g/mol. The van der Waals surface area contributed by atoms with Crippen LogP contribution in [0.2, 0.25) is 5.02 Å². The lowest BCUT2D eigenvalue weighted by molar-refractivity contribution is 0.274. The van der Waals surface area contributed by atoms with Crippen molar-refractivity contribution in [1.82, 2.24) is 0 Å². The van der Waals surface area contributed by atoms with Crippen molar-refractivity contribution in [3.8, 4) is 5.75 Å². The molecule has 0 saturated carbocycles. The van der Waals surface area contributed by atoms with E-state index < -0.39 is 0 Å². The molecule has 1 atom stereocenters. The Bertz CT molecular complexity index is 657. The predicted octanol–water partition coefficient (Wildman–Crippen LogP) is 3.94. The van der Waals surface area contributed by atoms with Gasteiger partial charge >= 0.3 is 0 Å². The smallest absolute Gasteiger partial charge is 0.124 e. The topological polar surface area (TPSA) is 41.5 Å². The molecule has 0 saturated heterocycles. The Hall–Kier alpha value is -1.71. The monoisotopic (exact) mass is 303 g/mol. The van der Waals surface area contributed by atoms with E-state index in [2.05, 4.69) is 11.4 Å². The van der Waals surface area contributed by atoms with Gasteiger partial charge in [-0.3, -0.25) is 0 Å². The van der Waals surface area contributed by atoms with Gasteiger partial charge in [-0.15, -0.1) is 0 Å². The van der Waals surface area contributed by atoms with Crippen molar-refractivity contribution >= 4 is 17.3 Å². The minimum Gasteiger partial charge on any atom is -0.496 e. The van der Waals surface area contributed by atoms with E-state index in [9.17, 15) is 5.11 Å². The molecule has 3 nitrogen and oxygen atoms in total. The molecule has 0 spiro atoms. The molecular formula is C17H18ClNO2. The highest BCUT2D eigenvalue weighted by Crippen LogP contribution is 2.36. The number of nitrogens with one attached hydrogen (secondary N) is 1. The summed E-state index contributed by atoms with van der Waals surface area (Å²) in [5.41, 5.74) is 4.40. The molecule has 4 heteroatoms. The zero-order chi connectivity index (χ0) is 14.8. The number of hydrogen-bond acceptors (Lipinski definition) is 3. The maximum Gasteiger partial charge on any atom is 0.124 e. The highest BCUT2D eigenvalue weighted by atomic mass is 35.5. The van der Waals surface area contributed by atoms with Crippen molar-refractivity contribution in [3.63, 3.8) is 0 Å². The van der Waals surface area contributed by atoms with Crippen molar-refractivity contribution in [2.45, 2.75) is 25.5 Å². The number of benzene rings is 2. The molecule has 110 valence electrons. The van der Waals surface area contributed by atoms with Gasteiger partial charge in [0, 0.05) is 16.3 Å². The fourth-order valence-corrected chi connectivity index (χ4v) is 3.12. The minimum absolute atomic E-state index is 0.0322. The van der Waals surface area contributed by atoms with E-state index in [-0.39, 0.29) is 12.6 Å². The molecule has 0 aliphatic heterocycles. The number of halogens is 1. The van der Waals surface area contributed by atoms with Gasteiger partial charge in [-0.05, 0) is 54.3 Å². The van der Waals surface area contributed by atoms with Gasteiger partial charge in [-0.25, -0.2) is 0 Å². The summed E-state index contributed by atoms with van der Waals surface area (Å²) < 4.78 is 5.23. The number of aryl methyl sites for hydroxylation is 1. The molecule has 1 unspecified atom stereocenters. The van der Waals surface area contributed by atoms with Gasteiger partial charge in [-0.1, -0.05) is 17.7 Å². The lowest BCUT2D eigenvalue weighted by Gasteiger charge is -2.17. The second-order valence-electron chi connectivity index (χ2n) is 5.26. The first-order valence-corrected chi connectivity index (χ1v) is 7.41. The molecule has 0 bridgehead atoms. The summed E-state index contributed by atoms with van der Waals surface area (Å²) in [6.45, 7) is -0.0322. The van der Waals surface area contributed by atoms with Crippen LogP contribution in [0.1, 0.15) is 29.2 Å². The highest BCUT2D eigenvalue weighted by molar-refractivity contribution is 6.30. The molecule has 0 fully saturated rings. The fraction of sp³-hybridized carbons (Fsp3) is 0.294. The van der Waals surface area contributed by atoms with Crippen LogP contribution in [0, 0.1) is 0 Å². The first kappa shape index (κ1) is 14.2. The maximum atomic E-state index is 9.40. The van der Waals surface area contributed by atoms with E-state index >= 15 is 0 Å². The van der Waals surface area contributed by atoms with Crippen LogP contribution in [0.15, 0.2) is 36.4 Å². The van der Waals surface area contributed by atoms with Gasteiger partial charge in [0.25, 0.3) is 0 Å². The first-order valence-electron chi connectivity index (χ1n) is 7.04. The number of anilines is 1. The lowest BCUT2D eigenvalue weighted by atomic mass is 10.1. The van der Waals surface area contributed by atoms with Gasteiger partial charge < -0.3 is 15.2 Å². The Labute approximate surface area is 129 Å². The van der Waals surface area contributed by atoms with Crippen LogP contribution in [-0.4, -0.2) is 12.2 Å². The third-order valence-corrected chi connectivity index (χ3v) is 4.21. The standard InChI is InChI=1S/C17H18ClNO2/c1-21-17-7-4-14(9-12(17)10-20)19-16-6-2-11-8-13(18)3-5-15(11)16/h3-5,7-9,16,19-20H,2,6,10H2,1H3. The molecule has 0 radical (unpaired) electrons. The van der Waals surface area contributed by atoms with E-state index in [1.165, 1.54) is 11.1 Å². The van der Waals surface area contributed by atoms with Crippen molar-refractivity contribution in [2.75, 3.05) is 12.4 Å². The van der Waals surface area contributed by atoms with Crippen LogP contribution in [0.4, 0.5) is 5.69 Å². The zero-order valence-corrected chi connectivity index (χ0v) is 12.7. The minimum atomic E-state index is -0.0322. The Morgan fingerprint density at radius 1 is 1.29 bits per heavy atom. The second-order valence-corrected chi connectivity index (χ2v) is 5.70. The average Bonchev–Trinajstić information content (AvgIpc) is 2.89. The number of rotatable bonds is 4. The number of hydrogen-bond donors (Lipinski definition) is 2. The average molecular weight is 304 g/mol. The molecule has 21 heavy (non-hydrogen) atoms. The number of fused-ring (bicyclic) bond motifs is 1. The summed E-state index contributed by atoms with van der Waals surface area (Å²) in [5, 5.41) is 13.7. The summed E-state index contributed by atoms with van der Waals surface area (Å²) in [4.78, 5) is 0. The summed E-state index contributed by atoms with van der Waals surface area (Å²) in [6, 6.07) is 12.2. The summed E-state index contributed by atoms with van der Waals surface area (Å²) in [6.07, 6.45) is 2.09. The van der Waals surface area contributed by atoms with Crippen molar-refractivity contribution in [2.24, 2.45) is 0 Å². The Balaban J connectivity index is 1.83. The van der Waals surface area contributed by atoms with E-state index in [1.807, 2.05) is 30.3 Å². The number of aliphatic hydroxyl groups excluding tert-OH is 1. The molecule has 1 aliphatic carbocycles. The molecule has 0 amide bonds. The zero-order valence-electron chi connectivity index (χ0n) is 11.9. The molecule has 2 aromatic rings. The third kappa shape index (κ3) is 2.85. The molecule has 2 aromatic carbocycles. The van der Waals surface area contributed by atoms with Gasteiger partial charge in [0.05, 0.1) is 19.8 Å². The molecule has 2 N–H and O–H groups in total. The Morgan fingerprint density at radius 3 is 2.90 bits per heavy atom. The predicted molar refractivity (Wildman–Crippen MR) is 85.1 cm³/mol. The van der Waals surface area contributed by atoms with E-state index in [0.29, 0.717) is 5.75 Å². The van der Waals surface area contributed by atoms with Crippen LogP contribution in [0.5, 0.6) is 5.75 Å². The largest absolute Gasteiger partial charge is 0.496 e. The van der Waals surface area contributed by atoms with Crippen molar-refractivity contribution in [3.05, 3.63) is 58.1 Å². The molecule has 3 rings (SSSR count). The van der Waals surface area contributed by atoms with Crippen LogP contribution >= 0.6 is 11.6 Å². The summed E-state index contributed by atoms with van der Waals surface area (Å²) >= 11 is 6.04. The van der Waals surface area contributed by atoms with Gasteiger partial charge in [0.1, 0.15) is 5.75 Å². The molecule has 0 aromatic heterocycles. The van der Waals surface area contributed by atoms with Crippen LogP contribution < -0.4 is 10.1 Å². The number of methoxy groups -OCH3 is 1. The number of aliphatic hydroxyl groups is 1. The second kappa shape index (κ2) is 5.96. The van der Waals surface area contributed by atoms with Gasteiger partial charge in [0.15, 0.2) is 0 Å². The van der Waals surface area contributed by atoms with Crippen LogP contribution in [-0.2, 0) is 13.0 Å². The first-order chi connectivity index (χ1) is 10.2. The van der Waals surface area contributed by atoms with Crippen LogP contribution in [0.3, 0.4) is 0 Å². The Morgan fingerprint density at radius 2 is 2.14 bits per heavy atom. The van der Waals surface area contributed by atoms with E-state index in [4.69, 9.17) is 16.3 Å². The fourth-order valence-electron chi connectivity index (χ4n) is 2.93. The molecule has 1 aliphatic rings. The molecule has 0 heterocycles. The van der Waals surface area contributed by atoms with E-state index in [1.54, 1.807) is 7.11 Å². The van der Waals surface area contributed by atoms with Gasteiger partial charge in [-0.2, -0.15) is 0 Å². The highest BCUT2D eigenvalue weighted by Gasteiger charge is 2.22. The number of ether oxygens (including phenoxy) is 1. The lowest BCUT2D eigenvalue weighted by Crippen LogP contribution is -2.07. The summed E-state index contributed by atoms with van der Waals surface area (Å²) in [7, 11) is 1.61. The third-order valence-electron chi connectivity index (χ3n) is 3.97. The van der Waals surface area contributed by atoms with Crippen LogP contribution in [0.25, 0.3) is 0 Å². The van der Waals surface area contributed by atoms with Gasteiger partial charge in [0.2, 0.25) is 0 Å².